The summed E-state index contributed by atoms with van der Waals surface area (Å²) in [6.07, 6.45) is -0.208. The predicted molar refractivity (Wildman–Crippen MR) is 49.6 cm³/mol. The van der Waals surface area contributed by atoms with Gasteiger partial charge in [-0.3, -0.25) is 9.55 Å². The van der Waals surface area contributed by atoms with Gasteiger partial charge in [0.25, 0.3) is 6.08 Å². The number of hydrogen-bond donors (Lipinski definition) is 2. The molecule has 0 bridgehead atoms. The summed E-state index contributed by atoms with van der Waals surface area (Å²) in [4.78, 5) is 9.68. The van der Waals surface area contributed by atoms with E-state index in [4.69, 9.17) is 12.2 Å². The Bertz CT molecular complexity index is 532. The summed E-state index contributed by atoms with van der Waals surface area (Å²) in [6, 6.07) is 0. The van der Waals surface area contributed by atoms with Gasteiger partial charge in [-0.25, -0.2) is 4.98 Å². The number of aromatic amines is 1. The Labute approximate surface area is 83.2 Å². The molecule has 1 unspecified atom stereocenters. The van der Waals surface area contributed by atoms with Crippen molar-refractivity contribution in [2.45, 2.75) is 13.2 Å². The van der Waals surface area contributed by atoms with Crippen molar-refractivity contribution in [1.29, 1.82) is 0 Å². The molecular formula is C7H7FN4OS. The van der Waals surface area contributed by atoms with E-state index < -0.39 is 12.3 Å². The first kappa shape index (κ1) is 9.22. The third kappa shape index (κ3) is 1.30. The summed E-state index contributed by atoms with van der Waals surface area (Å²) in [5.41, 5.74) is 0.708. The molecule has 5 nitrogen and oxygen atoms in total. The quantitative estimate of drug-likeness (QED) is 0.551. The Morgan fingerprint density at radius 3 is 3.07 bits per heavy atom. The lowest BCUT2D eigenvalue weighted by Crippen LogP contribution is -2.04. The second-order valence-electron chi connectivity index (χ2n) is 2.81. The Morgan fingerprint density at radius 2 is 2.43 bits per heavy atom. The second-order valence-corrected chi connectivity index (χ2v) is 3.20. The number of aromatic nitrogens is 4. The average Bonchev–Trinajstić information content (AvgIpc) is 2.47. The number of rotatable bonds is 1. The van der Waals surface area contributed by atoms with Crippen molar-refractivity contribution in [1.82, 2.24) is 19.5 Å². The van der Waals surface area contributed by atoms with E-state index in [1.54, 1.807) is 0 Å². The summed E-state index contributed by atoms with van der Waals surface area (Å²) >= 11 is 4.81. The van der Waals surface area contributed by atoms with Crippen molar-refractivity contribution >= 4 is 23.4 Å². The van der Waals surface area contributed by atoms with Crippen LogP contribution in [0.4, 0.5) is 4.39 Å². The van der Waals surface area contributed by atoms with Crippen molar-refractivity contribution in [2.24, 2.45) is 0 Å². The van der Waals surface area contributed by atoms with E-state index >= 15 is 0 Å². The zero-order valence-electron chi connectivity index (χ0n) is 7.23. The molecule has 2 aromatic rings. The first-order valence-corrected chi connectivity index (χ1v) is 4.31. The molecule has 2 aromatic heterocycles. The molecule has 0 aliphatic rings. The van der Waals surface area contributed by atoms with Crippen LogP contribution >= 0.6 is 12.2 Å². The fourth-order valence-corrected chi connectivity index (χ4v) is 1.42. The van der Waals surface area contributed by atoms with E-state index in [9.17, 15) is 9.50 Å². The first-order valence-electron chi connectivity index (χ1n) is 3.90. The zero-order chi connectivity index (χ0) is 10.3. The molecule has 0 aliphatic heterocycles. The van der Waals surface area contributed by atoms with Gasteiger partial charge >= 0.3 is 0 Å². The van der Waals surface area contributed by atoms with E-state index in [0.29, 0.717) is 11.2 Å². The third-order valence-corrected chi connectivity index (χ3v) is 2.10. The summed E-state index contributed by atoms with van der Waals surface area (Å²) in [5.74, 6) is 0. The topological polar surface area (TPSA) is 66.7 Å². The lowest BCUT2D eigenvalue weighted by molar-refractivity contribution is 0.128. The van der Waals surface area contributed by atoms with Gasteiger partial charge < -0.3 is 5.11 Å². The third-order valence-electron chi connectivity index (χ3n) is 1.82. The van der Waals surface area contributed by atoms with Crippen LogP contribution in [0.3, 0.4) is 0 Å². The fraction of sp³-hybridized carbons (Fsp3) is 0.286. The van der Waals surface area contributed by atoms with Gasteiger partial charge in [0.05, 0.1) is 6.33 Å². The highest BCUT2D eigenvalue weighted by molar-refractivity contribution is 7.71. The maximum absolute atomic E-state index is 12.9. The minimum absolute atomic E-state index is 0.0793. The summed E-state index contributed by atoms with van der Waals surface area (Å²) in [7, 11) is 0. The van der Waals surface area contributed by atoms with Crippen LogP contribution in [0.15, 0.2) is 6.33 Å². The van der Waals surface area contributed by atoms with Gasteiger partial charge in [0.1, 0.15) is 17.4 Å². The Balaban J connectivity index is 2.85. The Hall–Kier alpha value is -1.34. The molecule has 14 heavy (non-hydrogen) atoms. The first-order chi connectivity index (χ1) is 6.59. The van der Waals surface area contributed by atoms with Crippen LogP contribution < -0.4 is 0 Å². The van der Waals surface area contributed by atoms with Crippen LogP contribution in [0.5, 0.6) is 0 Å². The molecule has 0 aliphatic carbocycles. The lowest BCUT2D eigenvalue weighted by atomic mass is 10.5. The van der Waals surface area contributed by atoms with Crippen molar-refractivity contribution < 1.29 is 9.50 Å². The molecule has 2 N–H and O–H groups in total. The maximum atomic E-state index is 12.9. The second kappa shape index (κ2) is 3.10. The van der Waals surface area contributed by atoms with E-state index in [0.717, 1.165) is 0 Å². The largest absolute Gasteiger partial charge is 0.373 e. The number of H-pyrrole nitrogens is 1. The van der Waals surface area contributed by atoms with Gasteiger partial charge in [-0.1, -0.05) is 12.2 Å². The monoisotopic (exact) mass is 214 g/mol. The van der Waals surface area contributed by atoms with Crippen LogP contribution in [-0.4, -0.2) is 24.6 Å². The predicted octanol–water partition coefficient (Wildman–Crippen LogP) is 1.14. The summed E-state index contributed by atoms with van der Waals surface area (Å²) in [6.45, 7) is 1.54. The molecule has 0 spiro atoms. The smallest absolute Gasteiger partial charge is 0.289 e. The summed E-state index contributed by atoms with van der Waals surface area (Å²) < 4.78 is 14.3. The molecule has 2 rings (SSSR count). The highest BCUT2D eigenvalue weighted by Gasteiger charge is 2.09. The van der Waals surface area contributed by atoms with Gasteiger partial charge in [0.2, 0.25) is 0 Å². The van der Waals surface area contributed by atoms with Crippen molar-refractivity contribution in [3.63, 3.8) is 0 Å². The van der Waals surface area contributed by atoms with Crippen LogP contribution in [0, 0.1) is 10.7 Å². The molecule has 0 saturated carbocycles. The average molecular weight is 214 g/mol. The molecule has 2 heterocycles. The standard InChI is InChI=1S/C7H7FN4OS/c1-3(13)12-2-9-4-5(12)10-7(8)11-6(4)14/h2-3,13H,1H3,(H,10,11,14). The van der Waals surface area contributed by atoms with E-state index in [-0.39, 0.29) is 4.64 Å². The SMILES string of the molecule is CC(O)n1cnc2c(=S)nc(F)[nH]c21. The number of imidazole rings is 1. The highest BCUT2D eigenvalue weighted by atomic mass is 32.1. The number of nitrogens with zero attached hydrogens (tertiary/aromatic N) is 3. The number of nitrogens with one attached hydrogen (secondary N) is 1. The lowest BCUT2D eigenvalue weighted by Gasteiger charge is -2.05. The van der Waals surface area contributed by atoms with Crippen LogP contribution in [0.25, 0.3) is 11.2 Å². The molecule has 0 amide bonds. The molecule has 1 atom stereocenters. The summed E-state index contributed by atoms with van der Waals surface area (Å²) in [5, 5.41) is 9.32. The van der Waals surface area contributed by atoms with Crippen molar-refractivity contribution in [2.75, 3.05) is 0 Å². The number of hydrogen-bond acceptors (Lipinski definition) is 4. The molecule has 0 radical (unpaired) electrons. The van der Waals surface area contributed by atoms with Crippen LogP contribution in [0.1, 0.15) is 13.2 Å². The van der Waals surface area contributed by atoms with Gasteiger partial charge in [-0.15, -0.1) is 0 Å². The zero-order valence-corrected chi connectivity index (χ0v) is 8.05. The van der Waals surface area contributed by atoms with E-state index in [1.807, 2.05) is 0 Å². The highest BCUT2D eigenvalue weighted by Crippen LogP contribution is 2.14. The number of halogens is 1. The number of aliphatic hydroxyl groups is 1. The molecule has 0 saturated heterocycles. The van der Waals surface area contributed by atoms with E-state index in [1.165, 1.54) is 17.8 Å². The molecule has 7 heteroatoms. The minimum Gasteiger partial charge on any atom is -0.373 e. The Kier molecular flexibility index (Phi) is 2.05. The van der Waals surface area contributed by atoms with Crippen LogP contribution in [-0.2, 0) is 0 Å². The number of aliphatic hydroxyl groups excluding tert-OH is 1. The molecule has 74 valence electrons. The molecular weight excluding hydrogens is 207 g/mol. The maximum Gasteiger partial charge on any atom is 0.289 e. The van der Waals surface area contributed by atoms with Gasteiger partial charge in [-0.2, -0.15) is 9.37 Å². The van der Waals surface area contributed by atoms with Crippen molar-refractivity contribution in [3.05, 3.63) is 17.0 Å². The van der Waals surface area contributed by atoms with Gasteiger partial charge in [-0.05, 0) is 6.92 Å². The number of fused-ring (bicyclic) bond motifs is 1. The normalized spacial score (nSPS) is 13.4. The molecule has 0 aromatic carbocycles. The fourth-order valence-electron chi connectivity index (χ4n) is 1.19. The molecule has 0 fully saturated rings. The van der Waals surface area contributed by atoms with Gasteiger partial charge in [0.15, 0.2) is 4.64 Å². The minimum atomic E-state index is -0.799. The van der Waals surface area contributed by atoms with E-state index in [2.05, 4.69) is 15.0 Å². The van der Waals surface area contributed by atoms with Gasteiger partial charge in [0, 0.05) is 0 Å². The van der Waals surface area contributed by atoms with Crippen molar-refractivity contribution in [3.8, 4) is 0 Å². The Morgan fingerprint density at radius 1 is 1.71 bits per heavy atom. The van der Waals surface area contributed by atoms with Crippen LogP contribution in [0.2, 0.25) is 0 Å².